The topological polar surface area (TPSA) is 108 Å². The third kappa shape index (κ3) is 6.94. The molecule has 1 saturated carbocycles. The van der Waals surface area contributed by atoms with Crippen LogP contribution in [-0.4, -0.2) is 52.1 Å². The van der Waals surface area contributed by atoms with Gasteiger partial charge in [0.2, 0.25) is 0 Å². The van der Waals surface area contributed by atoms with Crippen molar-refractivity contribution in [3.8, 4) is 5.75 Å². The summed E-state index contributed by atoms with van der Waals surface area (Å²) in [5, 5.41) is 11.4. The Morgan fingerprint density at radius 3 is 2.19 bits per heavy atom. The monoisotopic (exact) mass is 587 g/mol. The first-order valence-electron chi connectivity index (χ1n) is 14.0. The molecule has 1 unspecified atom stereocenters. The van der Waals surface area contributed by atoms with Crippen LogP contribution >= 0.6 is 0 Å². The number of alkyl halides is 3. The summed E-state index contributed by atoms with van der Waals surface area (Å²) in [7, 11) is 0. The van der Waals surface area contributed by atoms with Crippen molar-refractivity contribution in [2.24, 2.45) is 16.3 Å². The van der Waals surface area contributed by atoms with Crippen molar-refractivity contribution in [1.29, 1.82) is 0 Å². The van der Waals surface area contributed by atoms with E-state index in [1.807, 2.05) is 6.92 Å². The molecule has 0 aromatic heterocycles. The molecule has 2 aromatic rings. The first kappa shape index (κ1) is 31.1. The Labute approximate surface area is 243 Å². The van der Waals surface area contributed by atoms with Crippen molar-refractivity contribution >= 4 is 23.5 Å². The van der Waals surface area contributed by atoms with Crippen LogP contribution in [0.3, 0.4) is 0 Å². The molecule has 0 bridgehead atoms. The highest BCUT2D eigenvalue weighted by Crippen LogP contribution is 2.49. The Morgan fingerprint density at radius 1 is 1.07 bits per heavy atom. The lowest BCUT2D eigenvalue weighted by Gasteiger charge is -2.46. The number of nitrogens with one attached hydrogen (secondary N) is 1. The van der Waals surface area contributed by atoms with Crippen LogP contribution in [0.15, 0.2) is 53.5 Å². The van der Waals surface area contributed by atoms with E-state index < -0.39 is 29.9 Å². The minimum absolute atomic E-state index is 0.0100. The molecule has 1 aliphatic heterocycles. The highest BCUT2D eigenvalue weighted by molar-refractivity contribution is 6.46. The number of carbonyl (C=O) groups excluding carboxylic acids is 2. The van der Waals surface area contributed by atoms with Crippen LogP contribution in [0.25, 0.3) is 0 Å². The molecule has 0 saturated heterocycles. The summed E-state index contributed by atoms with van der Waals surface area (Å²) < 4.78 is 42.0. The van der Waals surface area contributed by atoms with E-state index in [4.69, 9.17) is 10.1 Å². The van der Waals surface area contributed by atoms with E-state index in [1.165, 1.54) is 24.3 Å². The van der Waals surface area contributed by atoms with Crippen LogP contribution in [0.2, 0.25) is 0 Å². The summed E-state index contributed by atoms with van der Waals surface area (Å²) in [4.78, 5) is 43.9. The zero-order valence-corrected chi connectivity index (χ0v) is 24.1. The van der Waals surface area contributed by atoms with Crippen LogP contribution in [-0.2, 0) is 9.59 Å². The van der Waals surface area contributed by atoms with Gasteiger partial charge in [-0.25, -0.2) is 0 Å². The normalized spacial score (nSPS) is 21.7. The standard InChI is InChI=1S/C31H36F3N3O5/c1-19(20-5-7-22(8-6-20)27(40)35-18-15-25(38)39)37-28(41)26(21-9-11-24(12-10-21)42-31(32,33)34)36-30(37)16-13-23(14-17-30)29(2,3)4/h5-12,19,23H,13-18H2,1-4H3,(H,35,40)(H,38,39). The van der Waals surface area contributed by atoms with Crippen molar-refractivity contribution in [3.05, 3.63) is 65.2 Å². The molecule has 4 rings (SSSR count). The number of aliphatic imine (C=N–C) groups is 1. The number of carboxylic acid groups (broad SMARTS) is 1. The lowest BCUT2D eigenvalue weighted by Crippen LogP contribution is -2.50. The maximum Gasteiger partial charge on any atom is 0.573 e. The maximum atomic E-state index is 14.0. The minimum Gasteiger partial charge on any atom is -0.481 e. The fourth-order valence-corrected chi connectivity index (χ4v) is 5.90. The third-order valence-corrected chi connectivity index (χ3v) is 8.23. The predicted octanol–water partition coefficient (Wildman–Crippen LogP) is 6.11. The van der Waals surface area contributed by atoms with Gasteiger partial charge >= 0.3 is 12.3 Å². The number of ether oxygens (including phenoxy) is 1. The molecule has 1 atom stereocenters. The molecule has 11 heteroatoms. The Balaban J connectivity index is 1.61. The van der Waals surface area contributed by atoms with Gasteiger partial charge < -0.3 is 20.1 Å². The fourth-order valence-electron chi connectivity index (χ4n) is 5.90. The number of amides is 2. The van der Waals surface area contributed by atoms with Gasteiger partial charge in [-0.05, 0) is 85.9 Å². The number of aliphatic carboxylic acids is 1. The number of hydrogen-bond acceptors (Lipinski definition) is 5. The van der Waals surface area contributed by atoms with E-state index >= 15 is 0 Å². The SMILES string of the molecule is CC(c1ccc(C(=O)NCCC(=O)O)cc1)N1C(=O)C(c2ccc(OC(F)(F)F)cc2)=NC12CCC(C(C)(C)C)CC2. The molecule has 2 amide bonds. The molecule has 42 heavy (non-hydrogen) atoms. The number of carbonyl (C=O) groups is 3. The summed E-state index contributed by atoms with van der Waals surface area (Å²) in [5.41, 5.74) is 1.05. The van der Waals surface area contributed by atoms with Gasteiger partial charge in [0.15, 0.2) is 0 Å². The van der Waals surface area contributed by atoms with Gasteiger partial charge in [0.25, 0.3) is 11.8 Å². The van der Waals surface area contributed by atoms with E-state index in [-0.39, 0.29) is 35.7 Å². The molecule has 1 aliphatic carbocycles. The largest absolute Gasteiger partial charge is 0.573 e. The molecule has 1 heterocycles. The Morgan fingerprint density at radius 2 is 1.67 bits per heavy atom. The van der Waals surface area contributed by atoms with Gasteiger partial charge in [0, 0.05) is 17.7 Å². The first-order valence-corrected chi connectivity index (χ1v) is 14.0. The van der Waals surface area contributed by atoms with Crippen molar-refractivity contribution < 1.29 is 37.4 Å². The number of nitrogens with zero attached hydrogens (tertiary/aromatic N) is 2. The van der Waals surface area contributed by atoms with Crippen LogP contribution in [0.1, 0.15) is 87.3 Å². The maximum absolute atomic E-state index is 14.0. The van der Waals surface area contributed by atoms with Gasteiger partial charge in [-0.2, -0.15) is 0 Å². The lowest BCUT2D eigenvalue weighted by molar-refractivity contribution is -0.274. The van der Waals surface area contributed by atoms with Crippen molar-refractivity contribution in [1.82, 2.24) is 10.2 Å². The lowest BCUT2D eigenvalue weighted by atomic mass is 9.69. The molecule has 2 N–H and O–H groups in total. The Bertz CT molecular complexity index is 1340. The molecular weight excluding hydrogens is 551 g/mol. The second kappa shape index (κ2) is 11.8. The molecule has 0 radical (unpaired) electrons. The third-order valence-electron chi connectivity index (χ3n) is 8.23. The van der Waals surface area contributed by atoms with Crippen LogP contribution in [0.5, 0.6) is 5.75 Å². The molecule has 8 nitrogen and oxygen atoms in total. The van der Waals surface area contributed by atoms with E-state index in [9.17, 15) is 27.6 Å². The average Bonchev–Trinajstić information content (AvgIpc) is 3.18. The molecule has 226 valence electrons. The molecular formula is C31H36F3N3O5. The minimum atomic E-state index is -4.82. The number of rotatable bonds is 8. The van der Waals surface area contributed by atoms with Gasteiger partial charge in [-0.15, -0.1) is 13.2 Å². The van der Waals surface area contributed by atoms with Crippen molar-refractivity contribution in [2.45, 2.75) is 77.9 Å². The number of carboxylic acids is 1. The average molecular weight is 588 g/mol. The summed E-state index contributed by atoms with van der Waals surface area (Å²) in [6.07, 6.45) is -1.98. The van der Waals surface area contributed by atoms with Gasteiger partial charge in [-0.3, -0.25) is 19.4 Å². The molecule has 2 aliphatic rings. The highest BCUT2D eigenvalue weighted by atomic mass is 19.4. The van der Waals surface area contributed by atoms with Crippen LogP contribution in [0.4, 0.5) is 13.2 Å². The molecule has 1 fully saturated rings. The van der Waals surface area contributed by atoms with E-state index in [0.717, 1.165) is 18.4 Å². The van der Waals surface area contributed by atoms with Crippen LogP contribution in [0, 0.1) is 11.3 Å². The van der Waals surface area contributed by atoms with E-state index in [1.54, 1.807) is 29.2 Å². The van der Waals surface area contributed by atoms with Gasteiger partial charge in [0.05, 0.1) is 12.5 Å². The van der Waals surface area contributed by atoms with E-state index in [0.29, 0.717) is 29.9 Å². The second-order valence-electron chi connectivity index (χ2n) is 12.0. The van der Waals surface area contributed by atoms with Gasteiger partial charge in [-0.1, -0.05) is 32.9 Å². The van der Waals surface area contributed by atoms with E-state index in [2.05, 4.69) is 30.8 Å². The Hall–Kier alpha value is -3.89. The van der Waals surface area contributed by atoms with Crippen molar-refractivity contribution in [3.63, 3.8) is 0 Å². The zero-order valence-electron chi connectivity index (χ0n) is 24.1. The zero-order chi connectivity index (χ0) is 30.9. The number of hydrogen-bond donors (Lipinski definition) is 2. The fraction of sp³-hybridized carbons (Fsp3) is 0.484. The highest BCUT2D eigenvalue weighted by Gasteiger charge is 2.52. The Kier molecular flexibility index (Phi) is 8.71. The van der Waals surface area contributed by atoms with Crippen molar-refractivity contribution in [2.75, 3.05) is 6.54 Å². The number of halogens is 3. The molecule has 1 spiro atoms. The first-order chi connectivity index (χ1) is 19.6. The second-order valence-corrected chi connectivity index (χ2v) is 12.0. The smallest absolute Gasteiger partial charge is 0.481 e. The summed E-state index contributed by atoms with van der Waals surface area (Å²) >= 11 is 0. The summed E-state index contributed by atoms with van der Waals surface area (Å²) in [5.74, 6) is -1.64. The van der Waals surface area contributed by atoms with Crippen LogP contribution < -0.4 is 10.1 Å². The predicted molar refractivity (Wildman–Crippen MR) is 150 cm³/mol. The van der Waals surface area contributed by atoms with Gasteiger partial charge in [0.1, 0.15) is 17.1 Å². The summed E-state index contributed by atoms with van der Waals surface area (Å²) in [6, 6.07) is 11.6. The number of benzene rings is 2. The summed E-state index contributed by atoms with van der Waals surface area (Å²) in [6.45, 7) is 8.52. The quantitative estimate of drug-likeness (QED) is 0.387. The molecule has 2 aromatic carbocycles.